The minimum Gasteiger partial charge on any atom is -0.480 e. The highest BCUT2D eigenvalue weighted by Crippen LogP contribution is 2.38. The lowest BCUT2D eigenvalue weighted by molar-refractivity contribution is -0.151. The van der Waals surface area contributed by atoms with Crippen molar-refractivity contribution in [1.82, 2.24) is 0 Å². The van der Waals surface area contributed by atoms with Crippen molar-refractivity contribution in [3.63, 3.8) is 0 Å². The van der Waals surface area contributed by atoms with Crippen LogP contribution in [0.4, 0.5) is 8.78 Å². The quantitative estimate of drug-likeness (QED) is 0.822. The Morgan fingerprint density at radius 1 is 1.28 bits per heavy atom. The summed E-state index contributed by atoms with van der Waals surface area (Å²) in [7, 11) is 0. The molecule has 1 N–H and O–H groups in total. The van der Waals surface area contributed by atoms with Crippen molar-refractivity contribution in [3.05, 3.63) is 41.5 Å². The van der Waals surface area contributed by atoms with Crippen LogP contribution in [0.1, 0.15) is 18.9 Å². The topological polar surface area (TPSA) is 54.4 Å². The first kappa shape index (κ1) is 12.4. The summed E-state index contributed by atoms with van der Waals surface area (Å²) >= 11 is 0. The Morgan fingerprint density at radius 2 is 1.83 bits per heavy atom. The van der Waals surface area contributed by atoms with E-state index in [0.717, 1.165) is 12.1 Å². The third kappa shape index (κ3) is 1.81. The van der Waals surface area contributed by atoms with Crippen molar-refractivity contribution in [2.45, 2.75) is 13.3 Å². The van der Waals surface area contributed by atoms with Gasteiger partial charge in [0.2, 0.25) is 0 Å². The van der Waals surface area contributed by atoms with E-state index in [4.69, 9.17) is 5.11 Å². The summed E-state index contributed by atoms with van der Waals surface area (Å²) in [5.41, 5.74) is -1.42. The van der Waals surface area contributed by atoms with Crippen molar-refractivity contribution >= 4 is 17.3 Å². The first-order valence-corrected chi connectivity index (χ1v) is 5.29. The summed E-state index contributed by atoms with van der Waals surface area (Å²) in [5, 5.41) is 9.01. The van der Waals surface area contributed by atoms with Gasteiger partial charge in [0, 0.05) is 11.6 Å². The van der Waals surface area contributed by atoms with Gasteiger partial charge in [-0.2, -0.15) is 0 Å². The second-order valence-corrected chi connectivity index (χ2v) is 4.45. The number of carbonyl (C=O) groups is 2. The van der Waals surface area contributed by atoms with E-state index in [1.54, 1.807) is 0 Å². The number of rotatable bonds is 2. The van der Waals surface area contributed by atoms with Gasteiger partial charge in [-0.15, -0.1) is 0 Å². The Morgan fingerprint density at radius 3 is 2.28 bits per heavy atom. The molecule has 1 aromatic rings. The highest BCUT2D eigenvalue weighted by molar-refractivity contribution is 6.30. The number of halogens is 2. The summed E-state index contributed by atoms with van der Waals surface area (Å²) in [6, 6.07) is 2.72. The van der Waals surface area contributed by atoms with Crippen LogP contribution in [0, 0.1) is 17.0 Å². The summed E-state index contributed by atoms with van der Waals surface area (Å²) in [5.74, 6) is -3.47. The fourth-order valence-electron chi connectivity index (χ4n) is 1.93. The first-order chi connectivity index (χ1) is 8.34. The predicted molar refractivity (Wildman–Crippen MR) is 59.7 cm³/mol. The van der Waals surface area contributed by atoms with Gasteiger partial charge in [-0.3, -0.25) is 9.59 Å². The van der Waals surface area contributed by atoms with Crippen LogP contribution in [0.5, 0.6) is 0 Å². The monoisotopic (exact) mass is 252 g/mol. The number of Topliss-reactive ketones (excluding diaryl/α,β-unsaturated/α-hetero) is 1. The number of hydrogen-bond acceptors (Lipinski definition) is 2. The molecule has 1 atom stereocenters. The van der Waals surface area contributed by atoms with Gasteiger partial charge in [0.1, 0.15) is 17.0 Å². The minimum atomic E-state index is -1.54. The molecule has 94 valence electrons. The number of aliphatic carboxylic acids is 1. The molecule has 2 rings (SSSR count). The highest BCUT2D eigenvalue weighted by Gasteiger charge is 2.46. The second kappa shape index (κ2) is 4.01. The van der Waals surface area contributed by atoms with E-state index in [9.17, 15) is 18.4 Å². The van der Waals surface area contributed by atoms with Gasteiger partial charge in [-0.1, -0.05) is 6.08 Å². The fraction of sp³-hybridized carbons (Fsp3) is 0.231. The van der Waals surface area contributed by atoms with E-state index in [0.29, 0.717) is 6.07 Å². The molecule has 0 saturated heterocycles. The van der Waals surface area contributed by atoms with Crippen molar-refractivity contribution < 1.29 is 23.5 Å². The summed E-state index contributed by atoms with van der Waals surface area (Å²) < 4.78 is 26.1. The summed E-state index contributed by atoms with van der Waals surface area (Å²) in [6.07, 6.45) is 1.43. The van der Waals surface area contributed by atoms with Gasteiger partial charge in [0.05, 0.1) is 0 Å². The van der Waals surface area contributed by atoms with E-state index in [2.05, 4.69) is 0 Å². The smallest absolute Gasteiger partial charge is 0.317 e. The van der Waals surface area contributed by atoms with E-state index in [1.165, 1.54) is 13.0 Å². The van der Waals surface area contributed by atoms with Crippen LogP contribution >= 0.6 is 0 Å². The van der Waals surface area contributed by atoms with Gasteiger partial charge < -0.3 is 5.11 Å². The van der Waals surface area contributed by atoms with Gasteiger partial charge in [0.15, 0.2) is 5.78 Å². The number of ketones is 1. The maximum absolute atomic E-state index is 13.1. The normalized spacial score (nSPS) is 23.1. The van der Waals surface area contributed by atoms with E-state index >= 15 is 0 Å². The second-order valence-electron chi connectivity index (χ2n) is 4.45. The Balaban J connectivity index is 2.43. The number of carboxylic acids is 1. The molecule has 0 fully saturated rings. The molecular weight excluding hydrogens is 242 g/mol. The van der Waals surface area contributed by atoms with E-state index in [-0.39, 0.29) is 17.6 Å². The highest BCUT2D eigenvalue weighted by atomic mass is 19.1. The average molecular weight is 252 g/mol. The molecule has 0 radical (unpaired) electrons. The van der Waals surface area contributed by atoms with Crippen LogP contribution in [0.2, 0.25) is 0 Å². The van der Waals surface area contributed by atoms with Gasteiger partial charge in [-0.05, 0) is 31.0 Å². The number of hydrogen-bond donors (Lipinski definition) is 1. The van der Waals surface area contributed by atoms with Crippen LogP contribution < -0.4 is 0 Å². The molecule has 1 aliphatic carbocycles. The molecule has 0 aromatic heterocycles. The van der Waals surface area contributed by atoms with Crippen LogP contribution in [0.3, 0.4) is 0 Å². The van der Waals surface area contributed by atoms with Gasteiger partial charge >= 0.3 is 5.97 Å². The Bertz CT molecular complexity index is 557. The molecule has 0 spiro atoms. The third-order valence-corrected chi connectivity index (χ3v) is 3.11. The molecular formula is C13H10F2O3. The number of benzene rings is 1. The summed E-state index contributed by atoms with van der Waals surface area (Å²) in [6.45, 7) is 1.30. The third-order valence-electron chi connectivity index (χ3n) is 3.11. The Labute approximate surface area is 102 Å². The molecule has 5 heteroatoms. The lowest BCUT2D eigenvalue weighted by atomic mass is 9.84. The Kier molecular flexibility index (Phi) is 2.77. The first-order valence-electron chi connectivity index (χ1n) is 5.29. The molecule has 0 amide bonds. The van der Waals surface area contributed by atoms with Crippen molar-refractivity contribution in [3.8, 4) is 0 Å². The van der Waals surface area contributed by atoms with Gasteiger partial charge in [0.25, 0.3) is 0 Å². The van der Waals surface area contributed by atoms with E-state index in [1.807, 2.05) is 0 Å². The zero-order valence-electron chi connectivity index (χ0n) is 9.54. The molecule has 3 nitrogen and oxygen atoms in total. The van der Waals surface area contributed by atoms with Crippen molar-refractivity contribution in [1.29, 1.82) is 0 Å². The number of allylic oxidation sites excluding steroid dienone is 2. The standard InChI is InChI=1S/C13H10F2O3/c1-13(12(17)18)3-2-10(11(13)16)7-4-8(14)6-9(15)5-7/h2,4-6H,3H2,1H3,(H,17,18). The molecule has 0 saturated carbocycles. The summed E-state index contributed by atoms with van der Waals surface area (Å²) in [4.78, 5) is 23.0. The van der Waals surface area contributed by atoms with Crippen molar-refractivity contribution in [2.75, 3.05) is 0 Å². The Hall–Kier alpha value is -2.04. The zero-order valence-corrected chi connectivity index (χ0v) is 9.54. The molecule has 0 heterocycles. The molecule has 0 bridgehead atoms. The molecule has 18 heavy (non-hydrogen) atoms. The number of carbonyl (C=O) groups excluding carboxylic acids is 1. The lowest BCUT2D eigenvalue weighted by Gasteiger charge is -2.16. The SMILES string of the molecule is CC1(C(=O)O)CC=C(c2cc(F)cc(F)c2)C1=O. The van der Waals surface area contributed by atoms with Crippen LogP contribution in [0.25, 0.3) is 5.57 Å². The minimum absolute atomic E-state index is 0.0225. The van der Waals surface area contributed by atoms with Crippen molar-refractivity contribution in [2.24, 2.45) is 5.41 Å². The largest absolute Gasteiger partial charge is 0.480 e. The zero-order chi connectivity index (χ0) is 13.5. The van der Waals surface area contributed by atoms with Gasteiger partial charge in [-0.25, -0.2) is 8.78 Å². The predicted octanol–water partition coefficient (Wildman–Crippen LogP) is 2.41. The molecule has 0 aliphatic heterocycles. The molecule has 1 unspecified atom stereocenters. The van der Waals surface area contributed by atoms with Crippen LogP contribution in [-0.2, 0) is 9.59 Å². The average Bonchev–Trinajstić information content (AvgIpc) is 2.56. The fourth-order valence-corrected chi connectivity index (χ4v) is 1.93. The molecule has 1 aromatic carbocycles. The number of carboxylic acid groups (broad SMARTS) is 1. The lowest BCUT2D eigenvalue weighted by Crippen LogP contribution is -2.33. The maximum atomic E-state index is 13.1. The maximum Gasteiger partial charge on any atom is 0.317 e. The van der Waals surface area contributed by atoms with Crippen LogP contribution in [0.15, 0.2) is 24.3 Å². The molecule has 1 aliphatic rings. The van der Waals surface area contributed by atoms with Crippen LogP contribution in [-0.4, -0.2) is 16.9 Å². The van der Waals surface area contributed by atoms with E-state index < -0.39 is 28.8 Å².